The lowest BCUT2D eigenvalue weighted by atomic mass is 9.96. The minimum Gasteiger partial charge on any atom is -0.458 e. The van der Waals surface area contributed by atoms with Gasteiger partial charge < -0.3 is 9.64 Å². The van der Waals surface area contributed by atoms with Gasteiger partial charge in [0.2, 0.25) is 5.91 Å². The van der Waals surface area contributed by atoms with Gasteiger partial charge in [0.15, 0.2) is 0 Å². The molecule has 0 saturated carbocycles. The Labute approximate surface area is 158 Å². The van der Waals surface area contributed by atoms with Crippen molar-refractivity contribution in [2.45, 2.75) is 39.2 Å². The van der Waals surface area contributed by atoms with E-state index in [1.807, 2.05) is 47.5 Å². The summed E-state index contributed by atoms with van der Waals surface area (Å²) in [5.74, 6) is -0.123. The van der Waals surface area contributed by atoms with Crippen molar-refractivity contribution in [3.8, 4) is 0 Å². The number of ether oxygens (including phenoxy) is 1. The highest BCUT2D eigenvalue weighted by Gasteiger charge is 2.28. The Morgan fingerprint density at radius 1 is 1.23 bits per heavy atom. The van der Waals surface area contributed by atoms with Gasteiger partial charge >= 0.3 is 5.97 Å². The maximum absolute atomic E-state index is 12.4. The van der Waals surface area contributed by atoms with E-state index in [1.165, 1.54) is 16.9 Å². The Kier molecular flexibility index (Phi) is 6.39. The van der Waals surface area contributed by atoms with E-state index in [0.717, 1.165) is 17.1 Å². The van der Waals surface area contributed by atoms with Crippen LogP contribution in [0.15, 0.2) is 35.7 Å². The van der Waals surface area contributed by atoms with Gasteiger partial charge in [0.25, 0.3) is 0 Å². The maximum Gasteiger partial charge on any atom is 0.309 e. The number of thiazole rings is 1. The molecular weight excluding hydrogens is 348 g/mol. The van der Waals surface area contributed by atoms with Crippen molar-refractivity contribution in [2.24, 2.45) is 5.92 Å². The fraction of sp³-hybridized carbons (Fsp3) is 0.450. The van der Waals surface area contributed by atoms with Gasteiger partial charge in [-0.2, -0.15) is 0 Å². The van der Waals surface area contributed by atoms with Crippen molar-refractivity contribution in [1.82, 2.24) is 9.88 Å². The number of hydrogen-bond acceptors (Lipinski definition) is 5. The van der Waals surface area contributed by atoms with E-state index in [-0.39, 0.29) is 24.4 Å². The number of aryl methyl sites for hydroxylation is 2. The first-order valence-corrected chi connectivity index (χ1v) is 9.89. The van der Waals surface area contributed by atoms with Gasteiger partial charge in [-0.05, 0) is 31.7 Å². The fourth-order valence-electron chi connectivity index (χ4n) is 3.14. The maximum atomic E-state index is 12.4. The minimum atomic E-state index is -0.172. The molecule has 1 aromatic carbocycles. The summed E-state index contributed by atoms with van der Waals surface area (Å²) in [5, 5.41) is 2.77. The smallest absolute Gasteiger partial charge is 0.309 e. The molecular formula is C20H24N2O3S. The molecule has 0 radical (unpaired) electrons. The SMILES string of the molecule is Cc1csc(COC(=O)C2CCN(C(=O)CCc3ccccc3)CC2)n1. The number of benzene rings is 1. The summed E-state index contributed by atoms with van der Waals surface area (Å²) < 4.78 is 5.39. The Morgan fingerprint density at radius 3 is 2.62 bits per heavy atom. The minimum absolute atomic E-state index is 0.116. The Balaban J connectivity index is 1.39. The van der Waals surface area contributed by atoms with Gasteiger partial charge in [-0.15, -0.1) is 11.3 Å². The average Bonchev–Trinajstić information content (AvgIpc) is 3.10. The van der Waals surface area contributed by atoms with Crippen molar-refractivity contribution in [2.75, 3.05) is 13.1 Å². The van der Waals surface area contributed by atoms with Crippen molar-refractivity contribution in [1.29, 1.82) is 0 Å². The topological polar surface area (TPSA) is 59.5 Å². The standard InChI is InChI=1S/C20H24N2O3S/c1-15-14-26-18(21-15)13-25-20(24)17-9-11-22(12-10-17)19(23)8-7-16-5-3-2-4-6-16/h2-6,14,17H,7-13H2,1H3. The van der Waals surface area contributed by atoms with Crippen LogP contribution in [0, 0.1) is 12.8 Å². The number of nitrogens with zero attached hydrogens (tertiary/aromatic N) is 2. The lowest BCUT2D eigenvalue weighted by Gasteiger charge is -2.31. The van der Waals surface area contributed by atoms with Crippen LogP contribution in [-0.4, -0.2) is 34.8 Å². The summed E-state index contributed by atoms with van der Waals surface area (Å²) >= 11 is 1.50. The molecule has 0 aliphatic carbocycles. The first-order chi connectivity index (χ1) is 12.6. The van der Waals surface area contributed by atoms with E-state index in [4.69, 9.17) is 4.74 Å². The van der Waals surface area contributed by atoms with Crippen molar-refractivity contribution >= 4 is 23.2 Å². The summed E-state index contributed by atoms with van der Waals surface area (Å²) in [6.45, 7) is 3.42. The second kappa shape index (κ2) is 8.94. The summed E-state index contributed by atoms with van der Waals surface area (Å²) in [7, 11) is 0. The lowest BCUT2D eigenvalue weighted by Crippen LogP contribution is -2.40. The van der Waals surface area contributed by atoms with E-state index in [2.05, 4.69) is 4.98 Å². The molecule has 1 fully saturated rings. The summed E-state index contributed by atoms with van der Waals surface area (Å²) in [6, 6.07) is 10.0. The van der Waals surface area contributed by atoms with Gasteiger partial charge in [0.05, 0.1) is 5.92 Å². The molecule has 26 heavy (non-hydrogen) atoms. The second-order valence-electron chi connectivity index (χ2n) is 6.63. The largest absolute Gasteiger partial charge is 0.458 e. The first kappa shape index (κ1) is 18.6. The highest BCUT2D eigenvalue weighted by molar-refractivity contribution is 7.09. The van der Waals surface area contributed by atoms with E-state index in [1.54, 1.807) is 0 Å². The van der Waals surface area contributed by atoms with Gasteiger partial charge in [-0.25, -0.2) is 4.98 Å². The number of hydrogen-bond donors (Lipinski definition) is 0. The van der Waals surface area contributed by atoms with Crippen LogP contribution in [0.3, 0.4) is 0 Å². The van der Waals surface area contributed by atoms with E-state index in [9.17, 15) is 9.59 Å². The van der Waals surface area contributed by atoms with Crippen LogP contribution in [0.4, 0.5) is 0 Å². The third kappa shape index (κ3) is 5.14. The van der Waals surface area contributed by atoms with Crippen LogP contribution in [-0.2, 0) is 27.4 Å². The van der Waals surface area contributed by atoms with Crippen LogP contribution in [0.25, 0.3) is 0 Å². The van der Waals surface area contributed by atoms with E-state index in [0.29, 0.717) is 32.4 Å². The first-order valence-electron chi connectivity index (χ1n) is 9.01. The van der Waals surface area contributed by atoms with Gasteiger partial charge in [-0.3, -0.25) is 9.59 Å². The summed E-state index contributed by atoms with van der Waals surface area (Å²) in [6.07, 6.45) is 2.62. The zero-order valence-electron chi connectivity index (χ0n) is 15.0. The zero-order chi connectivity index (χ0) is 18.4. The quantitative estimate of drug-likeness (QED) is 0.730. The Bertz CT molecular complexity index is 737. The molecule has 0 atom stereocenters. The molecule has 0 bridgehead atoms. The number of aromatic nitrogens is 1. The highest BCUT2D eigenvalue weighted by Crippen LogP contribution is 2.21. The molecule has 1 aliphatic rings. The number of rotatable bonds is 6. The van der Waals surface area contributed by atoms with Gasteiger partial charge in [-0.1, -0.05) is 30.3 Å². The molecule has 138 valence electrons. The number of esters is 1. The van der Waals surface area contributed by atoms with E-state index < -0.39 is 0 Å². The predicted molar refractivity (Wildman–Crippen MR) is 101 cm³/mol. The number of carbonyl (C=O) groups is 2. The summed E-state index contributed by atoms with van der Waals surface area (Å²) in [5.41, 5.74) is 2.13. The van der Waals surface area contributed by atoms with Gasteiger partial charge in [0, 0.05) is 30.6 Å². The normalized spacial score (nSPS) is 15.0. The average molecular weight is 372 g/mol. The highest BCUT2D eigenvalue weighted by atomic mass is 32.1. The molecule has 1 aliphatic heterocycles. The molecule has 1 aromatic heterocycles. The zero-order valence-corrected chi connectivity index (χ0v) is 15.8. The molecule has 5 nitrogen and oxygen atoms in total. The monoisotopic (exact) mass is 372 g/mol. The molecule has 1 saturated heterocycles. The molecule has 0 spiro atoms. The number of piperidine rings is 1. The molecule has 1 amide bonds. The molecule has 2 heterocycles. The number of likely N-dealkylation sites (tertiary alicyclic amines) is 1. The van der Waals surface area contributed by atoms with Crippen LogP contribution in [0.2, 0.25) is 0 Å². The number of carbonyl (C=O) groups excluding carboxylic acids is 2. The van der Waals surface area contributed by atoms with Crippen LogP contribution >= 0.6 is 11.3 Å². The van der Waals surface area contributed by atoms with Crippen molar-refractivity contribution < 1.29 is 14.3 Å². The Morgan fingerprint density at radius 2 is 1.96 bits per heavy atom. The molecule has 6 heteroatoms. The third-order valence-electron chi connectivity index (χ3n) is 4.66. The fourth-order valence-corrected chi connectivity index (χ4v) is 3.82. The Hall–Kier alpha value is -2.21. The van der Waals surface area contributed by atoms with Crippen LogP contribution in [0.5, 0.6) is 0 Å². The molecule has 0 N–H and O–H groups in total. The predicted octanol–water partition coefficient (Wildman–Crippen LogP) is 3.37. The van der Waals surface area contributed by atoms with Crippen molar-refractivity contribution in [3.05, 3.63) is 52.0 Å². The molecule has 3 rings (SSSR count). The summed E-state index contributed by atoms with van der Waals surface area (Å²) in [4.78, 5) is 30.7. The molecule has 0 unspecified atom stereocenters. The van der Waals surface area contributed by atoms with Gasteiger partial charge in [0.1, 0.15) is 11.6 Å². The number of amides is 1. The third-order valence-corrected chi connectivity index (χ3v) is 5.60. The second-order valence-corrected chi connectivity index (χ2v) is 7.57. The molecule has 2 aromatic rings. The van der Waals surface area contributed by atoms with E-state index >= 15 is 0 Å². The lowest BCUT2D eigenvalue weighted by molar-refractivity contribution is -0.153. The van der Waals surface area contributed by atoms with Crippen molar-refractivity contribution in [3.63, 3.8) is 0 Å². The van der Waals surface area contributed by atoms with Crippen LogP contribution < -0.4 is 0 Å². The van der Waals surface area contributed by atoms with Crippen LogP contribution in [0.1, 0.15) is 35.5 Å².